The molecule has 3 aromatic rings. The van der Waals surface area contributed by atoms with Crippen molar-refractivity contribution in [2.75, 3.05) is 18.1 Å². The predicted octanol–water partition coefficient (Wildman–Crippen LogP) is 4.51. The minimum atomic E-state index is 0.550. The first-order valence-electron chi connectivity index (χ1n) is 9.96. The Labute approximate surface area is 161 Å². The average molecular weight is 364 g/mol. The normalized spacial score (nSPS) is 19.9. The summed E-state index contributed by atoms with van der Waals surface area (Å²) in [6.45, 7) is 8.78. The van der Waals surface area contributed by atoms with Crippen LogP contribution in [0.2, 0.25) is 0 Å². The van der Waals surface area contributed by atoms with Gasteiger partial charge in [-0.1, -0.05) is 12.1 Å². The highest BCUT2D eigenvalue weighted by Crippen LogP contribution is 2.30. The molecule has 1 fully saturated rings. The number of hydrogen-bond donors (Lipinski definition) is 0. The summed E-state index contributed by atoms with van der Waals surface area (Å²) in [6.07, 6.45) is 4.43. The monoisotopic (exact) mass is 364 g/mol. The molecule has 1 aromatic carbocycles. The molecule has 0 N–H and O–H groups in total. The second-order valence-corrected chi connectivity index (χ2v) is 7.36. The summed E-state index contributed by atoms with van der Waals surface area (Å²) in [4.78, 5) is 12.1. The quantitative estimate of drug-likeness (QED) is 0.604. The van der Waals surface area contributed by atoms with Crippen molar-refractivity contribution in [3.63, 3.8) is 0 Å². The lowest BCUT2D eigenvalue weighted by Gasteiger charge is -2.27. The van der Waals surface area contributed by atoms with Crippen LogP contribution in [0.1, 0.15) is 33.6 Å². The molecule has 1 aliphatic rings. The number of ether oxygens (including phenoxy) is 1. The molecule has 1 aliphatic heterocycles. The van der Waals surface area contributed by atoms with Gasteiger partial charge < -0.3 is 14.2 Å². The molecule has 1 saturated heterocycles. The van der Waals surface area contributed by atoms with E-state index in [1.165, 1.54) is 12.8 Å². The van der Waals surface area contributed by atoms with Gasteiger partial charge in [-0.3, -0.25) is 0 Å². The molecular weight excluding hydrogens is 336 g/mol. The maximum absolute atomic E-state index is 5.59. The summed E-state index contributed by atoms with van der Waals surface area (Å²) in [6, 6.07) is 13.7. The first-order chi connectivity index (χ1) is 13.2. The van der Waals surface area contributed by atoms with Crippen molar-refractivity contribution in [1.82, 2.24) is 14.5 Å². The van der Waals surface area contributed by atoms with E-state index in [-0.39, 0.29) is 0 Å². The highest BCUT2D eigenvalue weighted by Gasteiger charge is 2.28. The molecule has 2 aromatic heterocycles. The Morgan fingerprint density at radius 2 is 1.85 bits per heavy atom. The second kappa shape index (κ2) is 7.69. The lowest BCUT2D eigenvalue weighted by atomic mass is 10.2. The van der Waals surface area contributed by atoms with Crippen LogP contribution in [0.4, 0.5) is 5.82 Å². The van der Waals surface area contributed by atoms with Gasteiger partial charge in [0.2, 0.25) is 0 Å². The molecule has 2 atom stereocenters. The second-order valence-electron chi connectivity index (χ2n) is 7.36. The van der Waals surface area contributed by atoms with Crippen molar-refractivity contribution in [3.8, 4) is 11.4 Å². The Balaban J connectivity index is 1.68. The van der Waals surface area contributed by atoms with E-state index in [1.807, 2.05) is 19.2 Å². The number of nitrogens with zero attached hydrogens (tertiary/aromatic N) is 4. The van der Waals surface area contributed by atoms with Gasteiger partial charge in [0, 0.05) is 37.0 Å². The fourth-order valence-corrected chi connectivity index (χ4v) is 4.14. The molecule has 0 bridgehead atoms. The molecule has 0 aliphatic carbocycles. The zero-order valence-electron chi connectivity index (χ0n) is 16.4. The van der Waals surface area contributed by atoms with Crippen LogP contribution >= 0.6 is 0 Å². The van der Waals surface area contributed by atoms with Crippen LogP contribution in [0.15, 0.2) is 42.6 Å². The number of rotatable bonds is 6. The van der Waals surface area contributed by atoms with Crippen molar-refractivity contribution < 1.29 is 4.74 Å². The third-order valence-corrected chi connectivity index (χ3v) is 5.54. The molecule has 0 saturated carbocycles. The van der Waals surface area contributed by atoms with E-state index in [9.17, 15) is 0 Å². The molecule has 0 spiro atoms. The van der Waals surface area contributed by atoms with E-state index < -0.39 is 0 Å². The Hall–Kier alpha value is -2.40. The van der Waals surface area contributed by atoms with Crippen LogP contribution < -0.4 is 4.90 Å². The Bertz CT molecular complexity index is 892. The number of aromatic nitrogens is 3. The maximum atomic E-state index is 5.59. The third-order valence-electron chi connectivity index (χ3n) is 5.54. The largest absolute Gasteiger partial charge is 0.380 e. The van der Waals surface area contributed by atoms with Crippen molar-refractivity contribution in [3.05, 3.63) is 42.6 Å². The summed E-state index contributed by atoms with van der Waals surface area (Å²) in [5.41, 5.74) is 3.19. The van der Waals surface area contributed by atoms with Crippen molar-refractivity contribution in [2.45, 2.75) is 52.2 Å². The SMILES string of the molecule is CCOCCn1c(-c2ccc(N3[C@H](C)CC[C@@H]3C)nc2)nc2ccccc21. The first kappa shape index (κ1) is 18.0. The fraction of sp³-hybridized carbons (Fsp3) is 0.455. The van der Waals surface area contributed by atoms with E-state index in [1.54, 1.807) is 0 Å². The van der Waals surface area contributed by atoms with E-state index >= 15 is 0 Å². The van der Waals surface area contributed by atoms with Crippen LogP contribution in [-0.2, 0) is 11.3 Å². The Morgan fingerprint density at radius 1 is 1.07 bits per heavy atom. The molecule has 0 radical (unpaired) electrons. The number of fused-ring (bicyclic) bond motifs is 1. The van der Waals surface area contributed by atoms with Crippen LogP contribution in [0.5, 0.6) is 0 Å². The third kappa shape index (κ3) is 3.44. The minimum absolute atomic E-state index is 0.550. The predicted molar refractivity (Wildman–Crippen MR) is 110 cm³/mol. The fourth-order valence-electron chi connectivity index (χ4n) is 4.14. The minimum Gasteiger partial charge on any atom is -0.380 e. The summed E-state index contributed by atoms with van der Waals surface area (Å²) < 4.78 is 7.82. The smallest absolute Gasteiger partial charge is 0.142 e. The van der Waals surface area contributed by atoms with Crippen molar-refractivity contribution in [2.24, 2.45) is 0 Å². The number of hydrogen-bond acceptors (Lipinski definition) is 4. The lowest BCUT2D eigenvalue weighted by molar-refractivity contribution is 0.140. The summed E-state index contributed by atoms with van der Waals surface area (Å²) in [7, 11) is 0. The summed E-state index contributed by atoms with van der Waals surface area (Å²) >= 11 is 0. The lowest BCUT2D eigenvalue weighted by Crippen LogP contribution is -2.33. The van der Waals surface area contributed by atoms with Gasteiger partial charge in [-0.2, -0.15) is 0 Å². The summed E-state index contributed by atoms with van der Waals surface area (Å²) in [5.74, 6) is 2.02. The van der Waals surface area contributed by atoms with Gasteiger partial charge >= 0.3 is 0 Å². The van der Waals surface area contributed by atoms with E-state index in [0.717, 1.165) is 41.4 Å². The van der Waals surface area contributed by atoms with Crippen molar-refractivity contribution >= 4 is 16.9 Å². The molecular formula is C22H28N4O. The number of pyridine rings is 1. The zero-order valence-corrected chi connectivity index (χ0v) is 16.4. The van der Waals surface area contributed by atoms with Crippen LogP contribution in [-0.4, -0.2) is 39.8 Å². The number of benzene rings is 1. The molecule has 142 valence electrons. The van der Waals surface area contributed by atoms with Gasteiger partial charge in [0.1, 0.15) is 11.6 Å². The molecule has 0 amide bonds. The number of anilines is 1. The zero-order chi connectivity index (χ0) is 18.8. The van der Waals surface area contributed by atoms with Gasteiger partial charge in [-0.05, 0) is 57.9 Å². The van der Waals surface area contributed by atoms with E-state index in [4.69, 9.17) is 14.7 Å². The first-order valence-corrected chi connectivity index (χ1v) is 9.96. The van der Waals surface area contributed by atoms with Crippen LogP contribution in [0.3, 0.4) is 0 Å². The highest BCUT2D eigenvalue weighted by atomic mass is 16.5. The van der Waals surface area contributed by atoms with Gasteiger partial charge in [-0.25, -0.2) is 9.97 Å². The Kier molecular flexibility index (Phi) is 5.12. The molecule has 27 heavy (non-hydrogen) atoms. The number of imidazole rings is 1. The molecule has 0 unspecified atom stereocenters. The highest BCUT2D eigenvalue weighted by molar-refractivity contribution is 5.80. The maximum Gasteiger partial charge on any atom is 0.142 e. The molecule has 5 nitrogen and oxygen atoms in total. The Morgan fingerprint density at radius 3 is 2.56 bits per heavy atom. The van der Waals surface area contributed by atoms with Gasteiger partial charge in [0.25, 0.3) is 0 Å². The van der Waals surface area contributed by atoms with Gasteiger partial charge in [0.15, 0.2) is 0 Å². The van der Waals surface area contributed by atoms with Crippen molar-refractivity contribution in [1.29, 1.82) is 0 Å². The van der Waals surface area contributed by atoms with Crippen LogP contribution in [0, 0.1) is 0 Å². The molecule has 5 heteroatoms. The number of para-hydroxylation sites is 2. The molecule has 4 rings (SSSR count). The average Bonchev–Trinajstić information content (AvgIpc) is 3.22. The van der Waals surface area contributed by atoms with E-state index in [0.29, 0.717) is 18.7 Å². The van der Waals surface area contributed by atoms with Crippen LogP contribution in [0.25, 0.3) is 22.4 Å². The topological polar surface area (TPSA) is 43.2 Å². The van der Waals surface area contributed by atoms with Gasteiger partial charge in [0.05, 0.1) is 17.6 Å². The standard InChI is InChI=1S/C22H28N4O/c1-4-27-14-13-25-20-8-6-5-7-19(20)24-22(25)18-11-12-21(23-15-18)26-16(2)9-10-17(26)3/h5-8,11-12,15-17H,4,9-10,13-14H2,1-3H3/t16-,17+. The summed E-state index contributed by atoms with van der Waals surface area (Å²) in [5, 5.41) is 0. The van der Waals surface area contributed by atoms with Gasteiger partial charge in [-0.15, -0.1) is 0 Å². The molecule has 3 heterocycles. The van der Waals surface area contributed by atoms with E-state index in [2.05, 4.69) is 53.6 Å².